The highest BCUT2D eigenvalue weighted by atomic mass is 16.5. The van der Waals surface area contributed by atoms with Crippen molar-refractivity contribution in [2.45, 2.75) is 26.7 Å². The van der Waals surface area contributed by atoms with Crippen LogP contribution < -0.4 is 0 Å². The lowest BCUT2D eigenvalue weighted by atomic mass is 9.90. The van der Waals surface area contributed by atoms with Crippen molar-refractivity contribution in [2.75, 3.05) is 33.0 Å². The van der Waals surface area contributed by atoms with Crippen LogP contribution in [0.2, 0.25) is 0 Å². The summed E-state index contributed by atoms with van der Waals surface area (Å²) in [5, 5.41) is 8.76. The zero-order chi connectivity index (χ0) is 16.4. The van der Waals surface area contributed by atoms with Crippen molar-refractivity contribution in [3.63, 3.8) is 0 Å². The molecule has 5 nitrogen and oxygen atoms in total. The van der Waals surface area contributed by atoms with Gasteiger partial charge in [-0.05, 0) is 38.0 Å². The number of carboxylic acid groups (broad SMARTS) is 1. The molecule has 5 heteroatoms. The van der Waals surface area contributed by atoms with Gasteiger partial charge >= 0.3 is 5.97 Å². The van der Waals surface area contributed by atoms with Crippen LogP contribution in [-0.2, 0) is 19.0 Å². The average molecular weight is 310 g/mol. The number of rotatable bonds is 11. The Morgan fingerprint density at radius 3 is 2.55 bits per heavy atom. The Morgan fingerprint density at radius 2 is 2.00 bits per heavy atom. The molecule has 0 aliphatic carbocycles. The van der Waals surface area contributed by atoms with Crippen molar-refractivity contribution in [3.8, 4) is 0 Å². The number of unbranched alkanes of at least 4 members (excludes halogenated alkanes) is 1. The molecule has 0 saturated carbocycles. The van der Waals surface area contributed by atoms with Gasteiger partial charge in [0.15, 0.2) is 0 Å². The molecule has 124 valence electrons. The normalized spacial score (nSPS) is 17.7. The van der Waals surface area contributed by atoms with E-state index in [1.807, 2.05) is 0 Å². The number of carboxylic acids is 1. The van der Waals surface area contributed by atoms with Crippen LogP contribution in [0.3, 0.4) is 0 Å². The quantitative estimate of drug-likeness (QED) is 0.275. The molecule has 1 aliphatic heterocycles. The van der Waals surface area contributed by atoms with E-state index >= 15 is 0 Å². The average Bonchev–Trinajstić information content (AvgIpc) is 2.46. The molecule has 0 aromatic rings. The summed E-state index contributed by atoms with van der Waals surface area (Å²) < 4.78 is 16.3. The first-order chi connectivity index (χ1) is 10.5. The van der Waals surface area contributed by atoms with Crippen LogP contribution in [0.25, 0.3) is 0 Å². The Labute approximate surface area is 132 Å². The van der Waals surface area contributed by atoms with Crippen molar-refractivity contribution < 1.29 is 24.1 Å². The second-order valence-corrected chi connectivity index (χ2v) is 5.84. The van der Waals surface area contributed by atoms with E-state index in [2.05, 4.69) is 13.5 Å². The van der Waals surface area contributed by atoms with E-state index < -0.39 is 5.97 Å². The van der Waals surface area contributed by atoms with Gasteiger partial charge in [-0.25, -0.2) is 4.79 Å². The van der Waals surface area contributed by atoms with Gasteiger partial charge < -0.3 is 19.3 Å². The lowest BCUT2D eigenvalue weighted by Gasteiger charge is -2.37. The van der Waals surface area contributed by atoms with E-state index in [0.717, 1.165) is 32.7 Å². The summed E-state index contributed by atoms with van der Waals surface area (Å²) in [4.78, 5) is 10.7. The van der Waals surface area contributed by atoms with E-state index in [9.17, 15) is 4.79 Å². The highest BCUT2D eigenvalue weighted by Gasteiger charge is 2.33. The monoisotopic (exact) mass is 310 g/mol. The van der Waals surface area contributed by atoms with E-state index in [1.54, 1.807) is 12.2 Å². The van der Waals surface area contributed by atoms with E-state index in [4.69, 9.17) is 19.3 Å². The lowest BCUT2D eigenvalue weighted by Crippen LogP contribution is -2.43. The van der Waals surface area contributed by atoms with Crippen LogP contribution in [0.4, 0.5) is 0 Å². The summed E-state index contributed by atoms with van der Waals surface area (Å²) in [5.74, 6) is -0.372. The van der Waals surface area contributed by atoms with Gasteiger partial charge in [-0.2, -0.15) is 0 Å². The highest BCUT2D eigenvalue weighted by molar-refractivity contribution is 5.86. The van der Waals surface area contributed by atoms with Crippen LogP contribution >= 0.6 is 0 Å². The first-order valence-electron chi connectivity index (χ1n) is 7.49. The summed E-state index contributed by atoms with van der Waals surface area (Å²) in [5.41, 5.74) is 0.452. The minimum Gasteiger partial charge on any atom is -0.494 e. The summed E-state index contributed by atoms with van der Waals surface area (Å²) in [6.07, 6.45) is 6.49. The summed E-state index contributed by atoms with van der Waals surface area (Å²) >= 11 is 0. The van der Waals surface area contributed by atoms with E-state index in [1.165, 1.54) is 13.0 Å². The maximum absolute atomic E-state index is 10.7. The van der Waals surface area contributed by atoms with Crippen molar-refractivity contribution in [3.05, 3.63) is 36.1 Å². The fourth-order valence-electron chi connectivity index (χ4n) is 1.80. The number of carbonyl (C=O) groups is 1. The zero-order valence-corrected chi connectivity index (χ0v) is 13.5. The molecule has 0 atom stereocenters. The lowest BCUT2D eigenvalue weighted by molar-refractivity contribution is -0.138. The molecule has 22 heavy (non-hydrogen) atoms. The second-order valence-electron chi connectivity index (χ2n) is 5.84. The molecule has 1 heterocycles. The minimum absolute atomic E-state index is 0.198. The number of ether oxygens (including phenoxy) is 3. The molecule has 1 aliphatic rings. The zero-order valence-electron chi connectivity index (χ0n) is 13.5. The summed E-state index contributed by atoms with van der Waals surface area (Å²) in [7, 11) is 0. The number of hydrogen-bond donors (Lipinski definition) is 1. The molecule has 1 N–H and O–H groups in total. The van der Waals surface area contributed by atoms with Crippen LogP contribution in [-0.4, -0.2) is 44.1 Å². The third-order valence-corrected chi connectivity index (χ3v) is 3.34. The van der Waals surface area contributed by atoms with Gasteiger partial charge in [-0.15, -0.1) is 0 Å². The van der Waals surface area contributed by atoms with Crippen molar-refractivity contribution >= 4 is 5.97 Å². The number of aliphatic carboxylic acids is 1. The number of allylic oxidation sites excluding steroid dienone is 3. The third kappa shape index (κ3) is 6.91. The molecule has 0 aromatic carbocycles. The van der Waals surface area contributed by atoms with E-state index in [0.29, 0.717) is 19.0 Å². The van der Waals surface area contributed by atoms with Crippen LogP contribution in [0.15, 0.2) is 36.1 Å². The fraction of sp³-hybridized carbons (Fsp3) is 0.588. The molecule has 0 amide bonds. The topological polar surface area (TPSA) is 65.0 Å². The van der Waals surface area contributed by atoms with Gasteiger partial charge in [0.2, 0.25) is 0 Å². The first kappa shape index (κ1) is 18.5. The molecule has 0 radical (unpaired) electrons. The summed E-state index contributed by atoms with van der Waals surface area (Å²) in [6.45, 7) is 10.9. The Morgan fingerprint density at radius 1 is 1.32 bits per heavy atom. The molecule has 0 aromatic heterocycles. The molecule has 0 spiro atoms. The van der Waals surface area contributed by atoms with Gasteiger partial charge in [0.1, 0.15) is 5.76 Å². The first-order valence-corrected chi connectivity index (χ1v) is 7.49. The van der Waals surface area contributed by atoms with Crippen molar-refractivity contribution in [1.82, 2.24) is 0 Å². The largest absolute Gasteiger partial charge is 0.494 e. The molecular formula is C17H26O5. The van der Waals surface area contributed by atoms with E-state index in [-0.39, 0.29) is 11.0 Å². The maximum Gasteiger partial charge on any atom is 0.331 e. The van der Waals surface area contributed by atoms with Gasteiger partial charge in [0.25, 0.3) is 0 Å². The third-order valence-electron chi connectivity index (χ3n) is 3.34. The van der Waals surface area contributed by atoms with Crippen LogP contribution in [0, 0.1) is 5.41 Å². The van der Waals surface area contributed by atoms with Gasteiger partial charge in [-0.3, -0.25) is 0 Å². The Kier molecular flexibility index (Phi) is 7.91. The molecular weight excluding hydrogens is 284 g/mol. The Balaban J connectivity index is 2.11. The predicted octanol–water partition coefficient (Wildman–Crippen LogP) is 2.94. The standard InChI is InChI=1S/C17H26O5/c1-4-15(8-7-14(2)16(18)19)22-10-6-5-9-20-11-17(3)12-21-13-17/h4,7-8H,1,5-6,9-13H2,2-3H3,(H,18,19)/b14-7+,15-8+. The molecule has 1 fully saturated rings. The van der Waals surface area contributed by atoms with Crippen LogP contribution in [0.1, 0.15) is 26.7 Å². The molecule has 1 rings (SSSR count). The molecule has 0 unspecified atom stereocenters. The maximum atomic E-state index is 10.7. The number of hydrogen-bond acceptors (Lipinski definition) is 4. The molecule has 0 bridgehead atoms. The van der Waals surface area contributed by atoms with Gasteiger partial charge in [-0.1, -0.05) is 13.5 Å². The highest BCUT2D eigenvalue weighted by Crippen LogP contribution is 2.26. The predicted molar refractivity (Wildman–Crippen MR) is 84.6 cm³/mol. The van der Waals surface area contributed by atoms with Crippen molar-refractivity contribution in [1.29, 1.82) is 0 Å². The molecule has 1 saturated heterocycles. The summed E-state index contributed by atoms with van der Waals surface area (Å²) in [6, 6.07) is 0. The van der Waals surface area contributed by atoms with Crippen LogP contribution in [0.5, 0.6) is 0 Å². The van der Waals surface area contributed by atoms with Crippen molar-refractivity contribution in [2.24, 2.45) is 5.41 Å². The fourth-order valence-corrected chi connectivity index (χ4v) is 1.80. The Hall–Kier alpha value is -1.59. The minimum atomic E-state index is -0.942. The van der Waals surface area contributed by atoms with Gasteiger partial charge in [0.05, 0.1) is 26.4 Å². The van der Waals surface area contributed by atoms with Gasteiger partial charge in [0, 0.05) is 17.6 Å². The Bertz CT molecular complexity index is 432. The SMILES string of the molecule is C=C/C(=C\C=C(/C)C(=O)O)OCCCCOCC1(C)COC1. The second kappa shape index (κ2) is 9.43. The smallest absolute Gasteiger partial charge is 0.331 e.